The molecule has 2 nitrogen and oxygen atoms in total. The second-order valence-corrected chi connectivity index (χ2v) is 6.31. The Morgan fingerprint density at radius 2 is 1.73 bits per heavy atom. The predicted molar refractivity (Wildman–Crippen MR) is 66.6 cm³/mol. The first kappa shape index (κ1) is 12.4. The van der Waals surface area contributed by atoms with Crippen molar-refractivity contribution in [3.63, 3.8) is 0 Å². The van der Waals surface area contributed by atoms with Gasteiger partial charge >= 0.3 is 0 Å². The van der Waals surface area contributed by atoms with Crippen molar-refractivity contribution in [1.29, 1.82) is 0 Å². The molecule has 2 atom stereocenters. The molecule has 0 radical (unpaired) electrons. The Balaban J connectivity index is 2.78. The smallest absolute Gasteiger partial charge is 0.144 e. The van der Waals surface area contributed by atoms with Crippen LogP contribution in [0.4, 0.5) is 0 Å². The Morgan fingerprint density at radius 3 is 2.13 bits per heavy atom. The number of aliphatic hydroxyl groups excluding tert-OH is 1. The van der Waals surface area contributed by atoms with Crippen LogP contribution in [0, 0.1) is 0 Å². The van der Waals surface area contributed by atoms with E-state index in [4.69, 9.17) is 4.74 Å². The third-order valence-electron chi connectivity index (χ3n) is 2.65. The molecule has 2 unspecified atom stereocenters. The fraction of sp³-hybridized carbons (Fsp3) is 0.500. The van der Waals surface area contributed by atoms with Gasteiger partial charge < -0.3 is 9.84 Å². The van der Waals surface area contributed by atoms with Gasteiger partial charge in [0.2, 0.25) is 0 Å². The number of hydrogen-bond donors (Lipinski definition) is 1. The molecule has 0 spiro atoms. The van der Waals surface area contributed by atoms with Crippen molar-refractivity contribution < 1.29 is 9.84 Å². The van der Waals surface area contributed by atoms with E-state index in [2.05, 4.69) is 19.4 Å². The van der Waals surface area contributed by atoms with Crippen molar-refractivity contribution in [3.05, 3.63) is 29.8 Å². The third kappa shape index (κ3) is 3.14. The molecular formula is C12H19O2S+. The molecule has 0 heterocycles. The molecule has 0 fully saturated rings. The van der Waals surface area contributed by atoms with Gasteiger partial charge in [-0.3, -0.25) is 0 Å². The van der Waals surface area contributed by atoms with Gasteiger partial charge in [-0.15, -0.1) is 0 Å². The second kappa shape index (κ2) is 5.42. The minimum atomic E-state index is -0.380. The molecule has 0 bridgehead atoms. The SMILES string of the molecule is COc1ccc(C(O)C(C)[S+](C)C)cc1. The zero-order chi connectivity index (χ0) is 11.4. The van der Waals surface area contributed by atoms with Crippen LogP contribution in [-0.2, 0) is 10.9 Å². The Hall–Kier alpha value is -0.670. The summed E-state index contributed by atoms with van der Waals surface area (Å²) in [7, 11) is 1.86. The molecule has 1 aromatic rings. The lowest BCUT2D eigenvalue weighted by Crippen LogP contribution is -2.23. The Kier molecular flexibility index (Phi) is 4.48. The van der Waals surface area contributed by atoms with Gasteiger partial charge in [0.15, 0.2) is 0 Å². The summed E-state index contributed by atoms with van der Waals surface area (Å²) in [6.07, 6.45) is 3.92. The highest BCUT2D eigenvalue weighted by atomic mass is 32.2. The maximum atomic E-state index is 10.1. The lowest BCUT2D eigenvalue weighted by atomic mass is 10.1. The lowest BCUT2D eigenvalue weighted by Gasteiger charge is -2.16. The van der Waals surface area contributed by atoms with Crippen LogP contribution in [0.2, 0.25) is 0 Å². The van der Waals surface area contributed by atoms with Crippen LogP contribution in [0.25, 0.3) is 0 Å². The van der Waals surface area contributed by atoms with Crippen molar-refractivity contribution in [3.8, 4) is 5.75 Å². The largest absolute Gasteiger partial charge is 0.497 e. The summed E-state index contributed by atoms with van der Waals surface area (Å²) >= 11 is 0. The van der Waals surface area contributed by atoms with Gasteiger partial charge in [-0.25, -0.2) is 0 Å². The summed E-state index contributed by atoms with van der Waals surface area (Å²) < 4.78 is 5.08. The van der Waals surface area contributed by atoms with Crippen LogP contribution in [0.5, 0.6) is 5.75 Å². The summed E-state index contributed by atoms with van der Waals surface area (Å²) in [6, 6.07) is 7.61. The van der Waals surface area contributed by atoms with Crippen LogP contribution in [0.15, 0.2) is 24.3 Å². The molecule has 0 amide bonds. The molecule has 1 N–H and O–H groups in total. The Bertz CT molecular complexity index is 295. The molecule has 0 saturated carbocycles. The highest BCUT2D eigenvalue weighted by molar-refractivity contribution is 7.96. The Morgan fingerprint density at radius 1 is 1.20 bits per heavy atom. The van der Waals surface area contributed by atoms with Crippen LogP contribution < -0.4 is 4.74 Å². The molecule has 1 aromatic carbocycles. The molecule has 0 aliphatic heterocycles. The first-order valence-electron chi connectivity index (χ1n) is 4.94. The number of hydrogen-bond acceptors (Lipinski definition) is 2. The van der Waals surface area contributed by atoms with E-state index in [1.54, 1.807) is 7.11 Å². The summed E-state index contributed by atoms with van der Waals surface area (Å²) in [6.45, 7) is 2.08. The monoisotopic (exact) mass is 227 g/mol. The van der Waals surface area contributed by atoms with Gasteiger partial charge in [0.1, 0.15) is 17.1 Å². The van der Waals surface area contributed by atoms with E-state index < -0.39 is 0 Å². The van der Waals surface area contributed by atoms with Gasteiger partial charge in [-0.1, -0.05) is 12.1 Å². The van der Waals surface area contributed by atoms with E-state index in [0.29, 0.717) is 5.25 Å². The van der Waals surface area contributed by atoms with Crippen molar-refractivity contribution in [2.45, 2.75) is 18.3 Å². The molecule has 84 valence electrons. The number of benzene rings is 1. The predicted octanol–water partition coefficient (Wildman–Crippen LogP) is 1.99. The molecular weight excluding hydrogens is 208 g/mol. The summed E-state index contributed by atoms with van der Waals surface area (Å²) in [5.41, 5.74) is 0.963. The van der Waals surface area contributed by atoms with Crippen LogP contribution in [0.3, 0.4) is 0 Å². The maximum Gasteiger partial charge on any atom is 0.144 e. The summed E-state index contributed by atoms with van der Waals surface area (Å²) in [5.74, 6) is 0.825. The molecule has 0 saturated heterocycles. The van der Waals surface area contributed by atoms with E-state index in [1.165, 1.54) is 0 Å². The van der Waals surface area contributed by atoms with Gasteiger partial charge in [-0.2, -0.15) is 0 Å². The van der Waals surface area contributed by atoms with Gasteiger partial charge in [0, 0.05) is 0 Å². The van der Waals surface area contributed by atoms with E-state index in [9.17, 15) is 5.11 Å². The number of rotatable bonds is 4. The summed E-state index contributed by atoms with van der Waals surface area (Å²) in [5, 5.41) is 10.4. The average Bonchev–Trinajstić information content (AvgIpc) is 2.27. The van der Waals surface area contributed by atoms with Gasteiger partial charge in [0.25, 0.3) is 0 Å². The molecule has 3 heteroatoms. The fourth-order valence-corrected chi connectivity index (χ4v) is 2.00. The minimum absolute atomic E-state index is 0.221. The first-order chi connectivity index (χ1) is 7.06. The number of methoxy groups -OCH3 is 1. The zero-order valence-corrected chi connectivity index (χ0v) is 10.5. The van der Waals surface area contributed by atoms with Crippen molar-refractivity contribution in [2.75, 3.05) is 19.6 Å². The standard InChI is InChI=1S/C12H19O2S/c1-9(15(3)4)12(13)10-5-7-11(14-2)8-6-10/h5-9,12-13H,1-4H3/q+1. The van der Waals surface area contributed by atoms with Gasteiger partial charge in [-0.05, 0) is 35.5 Å². The van der Waals surface area contributed by atoms with Crippen molar-refractivity contribution in [1.82, 2.24) is 0 Å². The molecule has 0 aromatic heterocycles. The molecule has 1 rings (SSSR count). The quantitative estimate of drug-likeness (QED) is 0.797. The molecule has 15 heavy (non-hydrogen) atoms. The zero-order valence-electron chi connectivity index (χ0n) is 9.73. The van der Waals surface area contributed by atoms with Crippen LogP contribution in [-0.4, -0.2) is 30.0 Å². The topological polar surface area (TPSA) is 29.5 Å². The van der Waals surface area contributed by atoms with Crippen LogP contribution >= 0.6 is 0 Å². The lowest BCUT2D eigenvalue weighted by molar-refractivity contribution is 0.178. The normalized spacial score (nSPS) is 15.1. The van der Waals surface area contributed by atoms with Gasteiger partial charge in [0.05, 0.1) is 19.6 Å². The van der Waals surface area contributed by atoms with E-state index in [1.807, 2.05) is 24.3 Å². The van der Waals surface area contributed by atoms with Crippen molar-refractivity contribution >= 4 is 10.9 Å². The van der Waals surface area contributed by atoms with Crippen LogP contribution in [0.1, 0.15) is 18.6 Å². The average molecular weight is 227 g/mol. The summed E-state index contributed by atoms with van der Waals surface area (Å²) in [4.78, 5) is 0. The fourth-order valence-electron chi connectivity index (χ4n) is 1.33. The maximum absolute atomic E-state index is 10.1. The molecule has 0 aliphatic carbocycles. The first-order valence-corrected chi connectivity index (χ1v) is 7.05. The minimum Gasteiger partial charge on any atom is -0.497 e. The third-order valence-corrected chi connectivity index (χ3v) is 4.39. The molecule has 0 aliphatic rings. The van der Waals surface area contributed by atoms with E-state index >= 15 is 0 Å². The van der Waals surface area contributed by atoms with Crippen molar-refractivity contribution in [2.24, 2.45) is 0 Å². The Labute approximate surface area is 94.6 Å². The number of aliphatic hydroxyl groups is 1. The van der Waals surface area contributed by atoms with E-state index in [-0.39, 0.29) is 17.0 Å². The second-order valence-electron chi connectivity index (χ2n) is 3.80. The number of ether oxygens (including phenoxy) is 1. The highest BCUT2D eigenvalue weighted by Crippen LogP contribution is 2.23. The van der Waals surface area contributed by atoms with E-state index in [0.717, 1.165) is 11.3 Å². The highest BCUT2D eigenvalue weighted by Gasteiger charge is 2.26.